The van der Waals surface area contributed by atoms with E-state index in [9.17, 15) is 0 Å². The lowest BCUT2D eigenvalue weighted by Crippen LogP contribution is -2.27. The smallest absolute Gasteiger partial charge is 0.300 e. The van der Waals surface area contributed by atoms with Crippen molar-refractivity contribution in [2.45, 2.75) is 32.9 Å². The molecule has 0 radical (unpaired) electrons. The molecular formula is C31H31N7O2. The Morgan fingerprint density at radius 3 is 2.10 bits per heavy atom. The maximum absolute atomic E-state index is 9.00. The van der Waals surface area contributed by atoms with E-state index < -0.39 is 5.97 Å². The zero-order valence-electron chi connectivity index (χ0n) is 22.6. The van der Waals surface area contributed by atoms with Crippen LogP contribution in [0.3, 0.4) is 0 Å². The number of nitrogens with one attached hydrogen (secondary N) is 3. The van der Waals surface area contributed by atoms with E-state index in [2.05, 4.69) is 111 Å². The molecule has 9 heteroatoms. The fourth-order valence-electron chi connectivity index (χ4n) is 5.06. The summed E-state index contributed by atoms with van der Waals surface area (Å²) < 4.78 is 2.08. The molecule has 40 heavy (non-hydrogen) atoms. The van der Waals surface area contributed by atoms with Crippen molar-refractivity contribution in [2.24, 2.45) is 9.98 Å². The van der Waals surface area contributed by atoms with Crippen molar-refractivity contribution in [1.29, 1.82) is 0 Å². The number of fused-ring (bicyclic) bond motifs is 2. The van der Waals surface area contributed by atoms with Gasteiger partial charge in [0, 0.05) is 70.8 Å². The molecule has 202 valence electrons. The third kappa shape index (κ3) is 5.05. The minimum absolute atomic E-state index is 0.384. The van der Waals surface area contributed by atoms with Gasteiger partial charge in [0.1, 0.15) is 17.3 Å². The summed E-state index contributed by atoms with van der Waals surface area (Å²) in [4.78, 5) is 26.5. The van der Waals surface area contributed by atoms with Crippen LogP contribution < -0.4 is 10.6 Å². The Bertz CT molecular complexity index is 1770. The molecule has 0 aliphatic carbocycles. The summed E-state index contributed by atoms with van der Waals surface area (Å²) in [6.07, 6.45) is 6.27. The number of H-pyrrole nitrogens is 1. The first-order valence-electron chi connectivity index (χ1n) is 13.4. The van der Waals surface area contributed by atoms with Gasteiger partial charge >= 0.3 is 0 Å². The number of amidine groups is 2. The molecule has 3 aromatic heterocycles. The van der Waals surface area contributed by atoms with Crippen LogP contribution in [0, 0.1) is 0 Å². The molecule has 5 aromatic rings. The fraction of sp³-hybridized carbons (Fsp3) is 0.226. The fourth-order valence-corrected chi connectivity index (χ4v) is 5.06. The predicted octanol–water partition coefficient (Wildman–Crippen LogP) is 4.72. The molecule has 2 unspecified atom stereocenters. The average molecular weight is 534 g/mol. The highest BCUT2D eigenvalue weighted by atomic mass is 16.4. The quantitative estimate of drug-likeness (QED) is 0.267. The SMILES string of the molecule is CC(=O)O.CC1CN=C(c2ccc3c(-c4ccc(-c5cn6cc(C7=NCC(C)N7)ccc6n5)cc4)c[nH]c3c2)N1. The van der Waals surface area contributed by atoms with Gasteiger partial charge in [-0.15, -0.1) is 0 Å². The Kier molecular flexibility index (Phi) is 6.55. The molecule has 0 fully saturated rings. The zero-order valence-corrected chi connectivity index (χ0v) is 22.6. The number of carboxylic acid groups (broad SMARTS) is 1. The van der Waals surface area contributed by atoms with Gasteiger partial charge in [-0.2, -0.15) is 0 Å². The Labute approximate surface area is 231 Å². The molecule has 4 N–H and O–H groups in total. The number of rotatable bonds is 4. The summed E-state index contributed by atoms with van der Waals surface area (Å²) in [6, 6.07) is 20.1. The van der Waals surface area contributed by atoms with Gasteiger partial charge in [-0.25, -0.2) is 4.98 Å². The van der Waals surface area contributed by atoms with Gasteiger partial charge in [0.15, 0.2) is 0 Å². The van der Waals surface area contributed by atoms with Crippen LogP contribution in [0.15, 0.2) is 83.2 Å². The van der Waals surface area contributed by atoms with Crippen LogP contribution >= 0.6 is 0 Å². The van der Waals surface area contributed by atoms with Crippen LogP contribution in [0.5, 0.6) is 0 Å². The van der Waals surface area contributed by atoms with Crippen molar-refractivity contribution in [3.05, 3.63) is 84.3 Å². The van der Waals surface area contributed by atoms with Crippen molar-refractivity contribution < 1.29 is 9.90 Å². The van der Waals surface area contributed by atoms with Gasteiger partial charge in [-0.3, -0.25) is 14.8 Å². The Hall–Kier alpha value is -4.92. The molecule has 9 nitrogen and oxygen atoms in total. The molecule has 5 heterocycles. The standard InChI is InChI=1S/C29H27N7.C2H4O2/c1-17-12-31-28(33-17)21-7-9-23-24(14-30-25(23)11-21)19-3-5-20(6-4-19)26-16-36-15-22(8-10-27(36)35-26)29-32-13-18(2)34-29;1-2(3)4/h3-11,14-18,30H,12-13H2,1-2H3,(H,31,33)(H,32,34);1H3,(H,3,4). The number of pyridine rings is 1. The number of carboxylic acids is 1. The van der Waals surface area contributed by atoms with Crippen LogP contribution in [0.25, 0.3) is 38.9 Å². The Morgan fingerprint density at radius 1 is 0.850 bits per heavy atom. The second-order valence-corrected chi connectivity index (χ2v) is 10.3. The summed E-state index contributed by atoms with van der Waals surface area (Å²) in [7, 11) is 0. The molecule has 2 atom stereocenters. The number of aliphatic carboxylic acids is 1. The third-order valence-corrected chi connectivity index (χ3v) is 6.98. The molecule has 0 bridgehead atoms. The summed E-state index contributed by atoms with van der Waals surface area (Å²) in [5.74, 6) is 1.10. The highest BCUT2D eigenvalue weighted by molar-refractivity contribution is 6.05. The molecule has 0 saturated heterocycles. The van der Waals surface area contributed by atoms with E-state index in [-0.39, 0.29) is 0 Å². The molecule has 2 aliphatic rings. The summed E-state index contributed by atoms with van der Waals surface area (Å²) >= 11 is 0. The molecule has 7 rings (SSSR count). The van der Waals surface area contributed by atoms with Gasteiger partial charge in [-0.1, -0.05) is 36.4 Å². The predicted molar refractivity (Wildman–Crippen MR) is 159 cm³/mol. The second-order valence-electron chi connectivity index (χ2n) is 10.3. The summed E-state index contributed by atoms with van der Waals surface area (Å²) in [5, 5.41) is 15.5. The first-order valence-corrected chi connectivity index (χ1v) is 13.4. The number of aliphatic imine (C=N–C) groups is 2. The number of hydrogen-bond acceptors (Lipinski definition) is 6. The van der Waals surface area contributed by atoms with Crippen LogP contribution in [-0.2, 0) is 4.79 Å². The molecule has 0 saturated carbocycles. The Balaban J connectivity index is 0.000000680. The van der Waals surface area contributed by atoms with E-state index in [1.165, 1.54) is 16.5 Å². The van der Waals surface area contributed by atoms with Crippen molar-refractivity contribution >= 4 is 34.2 Å². The van der Waals surface area contributed by atoms with Gasteiger partial charge in [-0.05, 0) is 37.6 Å². The molecule has 0 amide bonds. The number of nitrogens with zero attached hydrogens (tertiary/aromatic N) is 4. The number of benzene rings is 2. The van der Waals surface area contributed by atoms with Crippen molar-refractivity contribution in [3.63, 3.8) is 0 Å². The van der Waals surface area contributed by atoms with E-state index in [1.54, 1.807) is 0 Å². The minimum atomic E-state index is -0.833. The summed E-state index contributed by atoms with van der Waals surface area (Å²) in [5.41, 5.74) is 8.65. The topological polar surface area (TPSA) is 119 Å². The largest absolute Gasteiger partial charge is 0.481 e. The van der Waals surface area contributed by atoms with Crippen LogP contribution in [0.2, 0.25) is 0 Å². The Morgan fingerprint density at radius 2 is 1.45 bits per heavy atom. The first kappa shape index (κ1) is 25.4. The van der Waals surface area contributed by atoms with E-state index in [0.717, 1.165) is 65.2 Å². The number of hydrogen-bond donors (Lipinski definition) is 4. The lowest BCUT2D eigenvalue weighted by atomic mass is 10.0. The van der Waals surface area contributed by atoms with Crippen molar-refractivity contribution in [3.8, 4) is 22.4 Å². The lowest BCUT2D eigenvalue weighted by Gasteiger charge is -2.06. The van der Waals surface area contributed by atoms with Gasteiger partial charge in [0.2, 0.25) is 0 Å². The van der Waals surface area contributed by atoms with E-state index in [1.807, 2.05) is 6.07 Å². The maximum Gasteiger partial charge on any atom is 0.300 e. The third-order valence-electron chi connectivity index (χ3n) is 6.98. The molecule has 2 aliphatic heterocycles. The molecular weight excluding hydrogens is 502 g/mol. The second kappa shape index (κ2) is 10.3. The van der Waals surface area contributed by atoms with Crippen LogP contribution in [0.4, 0.5) is 0 Å². The number of aromatic nitrogens is 3. The van der Waals surface area contributed by atoms with Gasteiger partial charge in [0.05, 0.1) is 18.8 Å². The van der Waals surface area contributed by atoms with Crippen molar-refractivity contribution in [2.75, 3.05) is 13.1 Å². The highest BCUT2D eigenvalue weighted by Crippen LogP contribution is 2.31. The van der Waals surface area contributed by atoms with Gasteiger partial charge < -0.3 is 25.1 Å². The number of carbonyl (C=O) groups is 1. The normalized spacial score (nSPS) is 18.1. The average Bonchev–Trinajstić information content (AvgIpc) is 3.74. The van der Waals surface area contributed by atoms with E-state index >= 15 is 0 Å². The van der Waals surface area contributed by atoms with Crippen molar-refractivity contribution in [1.82, 2.24) is 25.0 Å². The van der Waals surface area contributed by atoms with Gasteiger partial charge in [0.25, 0.3) is 5.97 Å². The molecule has 0 spiro atoms. The first-order chi connectivity index (χ1) is 19.3. The van der Waals surface area contributed by atoms with E-state index in [0.29, 0.717) is 12.1 Å². The monoisotopic (exact) mass is 533 g/mol. The number of aromatic amines is 1. The van der Waals surface area contributed by atoms with Crippen LogP contribution in [-0.4, -0.2) is 62.3 Å². The maximum atomic E-state index is 9.00. The minimum Gasteiger partial charge on any atom is -0.481 e. The van der Waals surface area contributed by atoms with Crippen LogP contribution in [0.1, 0.15) is 31.9 Å². The number of imidazole rings is 1. The zero-order chi connectivity index (χ0) is 27.8. The summed E-state index contributed by atoms with van der Waals surface area (Å²) in [6.45, 7) is 7.02. The molecule has 2 aromatic carbocycles. The van der Waals surface area contributed by atoms with E-state index in [4.69, 9.17) is 14.9 Å². The lowest BCUT2D eigenvalue weighted by molar-refractivity contribution is -0.134. The highest BCUT2D eigenvalue weighted by Gasteiger charge is 2.17.